The molecule has 2 aliphatic carbocycles. The van der Waals surface area contributed by atoms with Gasteiger partial charge in [-0.25, -0.2) is 0 Å². The Balaban J connectivity index is 1.63. The van der Waals surface area contributed by atoms with Crippen LogP contribution in [0.2, 0.25) is 0 Å². The summed E-state index contributed by atoms with van der Waals surface area (Å²) in [6, 6.07) is 1.80. The average Bonchev–Trinajstić information content (AvgIpc) is 3.13. The van der Waals surface area contributed by atoms with Gasteiger partial charge in [-0.2, -0.15) is 0 Å². The summed E-state index contributed by atoms with van der Waals surface area (Å²) in [4.78, 5) is 26.6. The fraction of sp³-hybridized carbons (Fsp3) is 0.625. The minimum Gasteiger partial charge on any atom is -0.468 e. The van der Waals surface area contributed by atoms with E-state index in [2.05, 4.69) is 0 Å². The maximum Gasteiger partial charge on any atom is 0.257 e. The molecule has 2 heterocycles. The normalized spacial score (nSPS) is 24.8. The lowest BCUT2D eigenvalue weighted by Gasteiger charge is -2.52. The van der Waals surface area contributed by atoms with Crippen LogP contribution in [0.25, 0.3) is 0 Å². The highest BCUT2D eigenvalue weighted by Gasteiger charge is 2.49. The summed E-state index contributed by atoms with van der Waals surface area (Å²) in [6.07, 6.45) is 8.00. The van der Waals surface area contributed by atoms with Gasteiger partial charge in [-0.3, -0.25) is 9.59 Å². The van der Waals surface area contributed by atoms with Crippen molar-refractivity contribution in [1.29, 1.82) is 0 Å². The number of amides is 1. The Labute approximate surface area is 118 Å². The van der Waals surface area contributed by atoms with Crippen molar-refractivity contribution in [2.45, 2.75) is 56.4 Å². The van der Waals surface area contributed by atoms with Gasteiger partial charge in [0.15, 0.2) is 0 Å². The van der Waals surface area contributed by atoms with Crippen LogP contribution in [0.3, 0.4) is 0 Å². The fourth-order valence-corrected chi connectivity index (χ4v) is 3.68. The van der Waals surface area contributed by atoms with Crippen LogP contribution in [0.15, 0.2) is 16.7 Å². The van der Waals surface area contributed by atoms with Crippen molar-refractivity contribution in [2.75, 3.05) is 6.54 Å². The van der Waals surface area contributed by atoms with E-state index in [0.29, 0.717) is 31.1 Å². The zero-order valence-electron chi connectivity index (χ0n) is 11.6. The van der Waals surface area contributed by atoms with E-state index >= 15 is 0 Å². The lowest BCUT2D eigenvalue weighted by molar-refractivity contribution is -0.128. The number of carbonyl (C=O) groups is 2. The molecule has 1 aromatic rings. The van der Waals surface area contributed by atoms with Crippen molar-refractivity contribution < 1.29 is 14.0 Å². The van der Waals surface area contributed by atoms with Crippen molar-refractivity contribution in [3.05, 3.63) is 23.7 Å². The largest absolute Gasteiger partial charge is 0.468 e. The topological polar surface area (TPSA) is 50.5 Å². The number of hydrogen-bond acceptors (Lipinski definition) is 3. The van der Waals surface area contributed by atoms with E-state index < -0.39 is 0 Å². The lowest BCUT2D eigenvalue weighted by atomic mass is 9.69. The predicted molar refractivity (Wildman–Crippen MR) is 72.5 cm³/mol. The summed E-state index contributed by atoms with van der Waals surface area (Å²) in [6.45, 7) is 0.576. The van der Waals surface area contributed by atoms with Gasteiger partial charge in [0.1, 0.15) is 11.5 Å². The number of Topliss-reactive ketones (excluding diaryl/α,β-unsaturated/α-hetero) is 1. The van der Waals surface area contributed by atoms with Crippen molar-refractivity contribution >= 4 is 11.7 Å². The molecule has 0 aromatic carbocycles. The van der Waals surface area contributed by atoms with Crippen LogP contribution in [0.1, 0.15) is 67.0 Å². The van der Waals surface area contributed by atoms with E-state index in [0.717, 1.165) is 43.4 Å². The Morgan fingerprint density at radius 3 is 2.80 bits per heavy atom. The quantitative estimate of drug-likeness (QED) is 0.832. The Morgan fingerprint density at radius 2 is 2.15 bits per heavy atom. The number of nitrogens with zero attached hydrogens (tertiary/aromatic N) is 1. The number of hydrogen-bond donors (Lipinski definition) is 0. The van der Waals surface area contributed by atoms with Crippen molar-refractivity contribution in [2.24, 2.45) is 0 Å². The van der Waals surface area contributed by atoms with Crippen molar-refractivity contribution in [3.63, 3.8) is 0 Å². The van der Waals surface area contributed by atoms with Gasteiger partial charge in [-0.15, -0.1) is 0 Å². The second kappa shape index (κ2) is 4.21. The van der Waals surface area contributed by atoms with Gasteiger partial charge in [-0.05, 0) is 38.2 Å². The van der Waals surface area contributed by atoms with Crippen LogP contribution in [0.5, 0.6) is 0 Å². The van der Waals surface area contributed by atoms with Gasteiger partial charge in [0, 0.05) is 25.3 Å². The molecule has 4 heteroatoms. The minimum atomic E-state index is -0.176. The number of likely N-dealkylation sites (tertiary alicyclic amines) is 1. The van der Waals surface area contributed by atoms with Crippen molar-refractivity contribution in [3.8, 4) is 0 Å². The summed E-state index contributed by atoms with van der Waals surface area (Å²) in [7, 11) is 0. The Bertz CT molecular complexity index is 566. The second-order valence-electron chi connectivity index (χ2n) is 6.47. The van der Waals surface area contributed by atoms with E-state index in [1.54, 1.807) is 12.3 Å². The highest BCUT2D eigenvalue weighted by molar-refractivity contribution is 5.97. The third-order valence-electron chi connectivity index (χ3n) is 5.12. The van der Waals surface area contributed by atoms with E-state index in [4.69, 9.17) is 4.42 Å². The molecule has 1 aromatic heterocycles. The minimum absolute atomic E-state index is 0.0767. The van der Waals surface area contributed by atoms with Crippen LogP contribution in [0.4, 0.5) is 0 Å². The smallest absolute Gasteiger partial charge is 0.257 e. The summed E-state index contributed by atoms with van der Waals surface area (Å²) in [5.41, 5.74) is 0.554. The standard InChI is InChI=1S/C16H19NO3/c18-12-4-8-17(16(10-12)6-1-7-16)15(19)13-5-9-20-14(13)11-2-3-11/h5,9,11H,1-4,6-8,10H2. The molecule has 0 atom stereocenters. The number of furan rings is 1. The van der Waals surface area contributed by atoms with Crippen molar-refractivity contribution in [1.82, 2.24) is 4.90 Å². The Kier molecular flexibility index (Phi) is 2.56. The lowest BCUT2D eigenvalue weighted by Crippen LogP contribution is -2.60. The molecule has 106 valence electrons. The molecule has 0 unspecified atom stereocenters. The molecule has 0 radical (unpaired) electrons. The van der Waals surface area contributed by atoms with Crippen LogP contribution in [-0.4, -0.2) is 28.7 Å². The summed E-state index contributed by atoms with van der Waals surface area (Å²) in [5.74, 6) is 1.69. The summed E-state index contributed by atoms with van der Waals surface area (Å²) in [5, 5.41) is 0. The van der Waals surface area contributed by atoms with Gasteiger partial charge in [0.25, 0.3) is 5.91 Å². The SMILES string of the molecule is O=C1CCN(C(=O)c2ccoc2C2CC2)C2(CCC2)C1. The van der Waals surface area contributed by atoms with Gasteiger partial charge < -0.3 is 9.32 Å². The van der Waals surface area contributed by atoms with E-state index in [1.807, 2.05) is 4.90 Å². The average molecular weight is 273 g/mol. The van der Waals surface area contributed by atoms with Crippen LogP contribution in [-0.2, 0) is 4.79 Å². The number of ketones is 1. The highest BCUT2D eigenvalue weighted by atomic mass is 16.3. The molecule has 20 heavy (non-hydrogen) atoms. The first-order chi connectivity index (χ1) is 9.70. The first-order valence-electron chi connectivity index (χ1n) is 7.61. The third-order valence-corrected chi connectivity index (χ3v) is 5.12. The first kappa shape index (κ1) is 12.2. The van der Waals surface area contributed by atoms with Gasteiger partial charge in [0.2, 0.25) is 0 Å². The monoisotopic (exact) mass is 273 g/mol. The van der Waals surface area contributed by atoms with Crippen LogP contribution < -0.4 is 0 Å². The molecule has 1 spiro atoms. The van der Waals surface area contributed by atoms with E-state index in [-0.39, 0.29) is 11.4 Å². The third kappa shape index (κ3) is 1.74. The summed E-state index contributed by atoms with van der Waals surface area (Å²) >= 11 is 0. The fourth-order valence-electron chi connectivity index (χ4n) is 3.68. The first-order valence-corrected chi connectivity index (χ1v) is 7.61. The van der Waals surface area contributed by atoms with Crippen LogP contribution >= 0.6 is 0 Å². The van der Waals surface area contributed by atoms with Gasteiger partial charge in [0.05, 0.1) is 17.4 Å². The molecule has 1 aliphatic heterocycles. The molecule has 0 bridgehead atoms. The van der Waals surface area contributed by atoms with E-state index in [1.165, 1.54) is 0 Å². The molecule has 1 amide bonds. The molecular weight excluding hydrogens is 254 g/mol. The highest BCUT2D eigenvalue weighted by Crippen LogP contribution is 2.46. The maximum atomic E-state index is 12.9. The van der Waals surface area contributed by atoms with Gasteiger partial charge >= 0.3 is 0 Å². The Hall–Kier alpha value is -1.58. The molecule has 4 nitrogen and oxygen atoms in total. The maximum absolute atomic E-state index is 12.9. The second-order valence-corrected chi connectivity index (χ2v) is 6.47. The molecule has 3 fully saturated rings. The molecule has 3 aliphatic rings. The summed E-state index contributed by atoms with van der Waals surface area (Å²) < 4.78 is 5.53. The molecular formula is C16H19NO3. The number of rotatable bonds is 2. The number of piperidine rings is 1. The molecule has 1 saturated heterocycles. The van der Waals surface area contributed by atoms with Gasteiger partial charge in [-0.1, -0.05) is 0 Å². The molecule has 0 N–H and O–H groups in total. The zero-order valence-corrected chi connectivity index (χ0v) is 11.6. The molecule has 2 saturated carbocycles. The number of carbonyl (C=O) groups excluding carboxylic acids is 2. The Morgan fingerprint density at radius 1 is 1.35 bits per heavy atom. The predicted octanol–water partition coefficient (Wildman–Crippen LogP) is 2.88. The molecule has 4 rings (SSSR count). The zero-order chi connectivity index (χ0) is 13.7. The van der Waals surface area contributed by atoms with Crippen LogP contribution in [0, 0.1) is 0 Å². The van der Waals surface area contributed by atoms with E-state index in [9.17, 15) is 9.59 Å².